The second-order valence-corrected chi connectivity index (χ2v) is 5.08. The van der Waals surface area contributed by atoms with Crippen LogP contribution in [0.5, 0.6) is 0 Å². The van der Waals surface area contributed by atoms with Crippen LogP contribution in [0.15, 0.2) is 24.3 Å². The molecule has 6 heteroatoms. The number of benzene rings is 1. The number of carbonyl (C=O) groups excluding carboxylic acids is 3. The van der Waals surface area contributed by atoms with Crippen LogP contribution in [0.1, 0.15) is 18.9 Å². The number of nitrogens with zero attached hydrogens (tertiary/aromatic N) is 1. The minimum Gasteiger partial charge on any atom is -0.325 e. The fourth-order valence-corrected chi connectivity index (χ4v) is 2.26. The molecule has 0 saturated carbocycles. The maximum Gasteiger partial charge on any atom is 0.246 e. The van der Waals surface area contributed by atoms with Gasteiger partial charge in [0.2, 0.25) is 17.7 Å². The summed E-state index contributed by atoms with van der Waals surface area (Å²) in [5.74, 6) is -1.09. The molecule has 0 aromatic heterocycles. The third kappa shape index (κ3) is 3.66. The molecule has 0 aliphatic carbocycles. The fourth-order valence-electron chi connectivity index (χ4n) is 2.26. The number of hydrogen-bond acceptors (Lipinski definition) is 4. The van der Waals surface area contributed by atoms with E-state index in [0.717, 1.165) is 10.5 Å². The molecule has 1 aromatic carbocycles. The van der Waals surface area contributed by atoms with E-state index >= 15 is 0 Å². The summed E-state index contributed by atoms with van der Waals surface area (Å²) < 4.78 is 0. The number of carbonyl (C=O) groups is 3. The Morgan fingerprint density at radius 1 is 1.43 bits per heavy atom. The molecule has 3 amide bonds. The lowest BCUT2D eigenvalue weighted by atomic mass is 10.1. The van der Waals surface area contributed by atoms with Gasteiger partial charge in [0.1, 0.15) is 6.54 Å². The van der Waals surface area contributed by atoms with Crippen LogP contribution >= 0.6 is 0 Å². The number of piperazine rings is 1. The van der Waals surface area contributed by atoms with Crippen molar-refractivity contribution in [3.05, 3.63) is 29.8 Å². The molecule has 1 aromatic rings. The minimum atomic E-state index is -0.394. The van der Waals surface area contributed by atoms with Crippen LogP contribution in [0.3, 0.4) is 0 Å². The third-order valence-electron chi connectivity index (χ3n) is 3.38. The van der Waals surface area contributed by atoms with Crippen LogP contribution in [0.4, 0.5) is 5.69 Å². The highest BCUT2D eigenvalue weighted by molar-refractivity contribution is 6.05. The molecule has 21 heavy (non-hydrogen) atoms. The molecule has 112 valence electrons. The van der Waals surface area contributed by atoms with E-state index < -0.39 is 6.04 Å². The molecule has 6 nitrogen and oxygen atoms in total. The van der Waals surface area contributed by atoms with E-state index in [9.17, 15) is 14.4 Å². The van der Waals surface area contributed by atoms with Gasteiger partial charge in [0, 0.05) is 5.69 Å². The van der Waals surface area contributed by atoms with E-state index in [4.69, 9.17) is 0 Å². The zero-order chi connectivity index (χ0) is 15.4. The second kappa shape index (κ2) is 6.49. The van der Waals surface area contributed by atoms with Gasteiger partial charge in [-0.05, 0) is 31.0 Å². The Morgan fingerprint density at radius 2 is 2.19 bits per heavy atom. The highest BCUT2D eigenvalue weighted by atomic mass is 16.2. The minimum absolute atomic E-state index is 0.0853. The van der Waals surface area contributed by atoms with E-state index in [1.54, 1.807) is 6.07 Å². The van der Waals surface area contributed by atoms with Crippen molar-refractivity contribution in [2.45, 2.75) is 26.3 Å². The van der Waals surface area contributed by atoms with Crippen LogP contribution in [0.2, 0.25) is 0 Å². The van der Waals surface area contributed by atoms with Crippen molar-refractivity contribution in [1.82, 2.24) is 10.2 Å². The van der Waals surface area contributed by atoms with E-state index in [-0.39, 0.29) is 30.8 Å². The Labute approximate surface area is 123 Å². The van der Waals surface area contributed by atoms with Gasteiger partial charge in [-0.2, -0.15) is 0 Å². The molecule has 1 aliphatic rings. The molecule has 2 rings (SSSR count). The summed E-state index contributed by atoms with van der Waals surface area (Å²) in [5.41, 5.74) is 1.68. The summed E-state index contributed by atoms with van der Waals surface area (Å²) in [6.45, 7) is 3.62. The molecule has 1 atom stereocenters. The average molecular weight is 289 g/mol. The molecular formula is C15H19N3O3. The Hall–Kier alpha value is -2.21. The normalized spacial score (nSPS) is 18.8. The quantitative estimate of drug-likeness (QED) is 0.799. The third-order valence-corrected chi connectivity index (χ3v) is 3.38. The molecule has 2 N–H and O–H groups in total. The van der Waals surface area contributed by atoms with Gasteiger partial charge in [-0.25, -0.2) is 0 Å². The Bertz CT molecular complexity index is 571. The van der Waals surface area contributed by atoms with Gasteiger partial charge in [-0.3, -0.25) is 24.6 Å². The fraction of sp³-hybridized carbons (Fsp3) is 0.400. The van der Waals surface area contributed by atoms with E-state index in [1.807, 2.05) is 32.0 Å². The number of hydrogen-bond donors (Lipinski definition) is 2. The van der Waals surface area contributed by atoms with Gasteiger partial charge in [0.25, 0.3) is 0 Å². The second-order valence-electron chi connectivity index (χ2n) is 5.08. The van der Waals surface area contributed by atoms with Crippen molar-refractivity contribution in [3.8, 4) is 0 Å². The highest BCUT2D eigenvalue weighted by Crippen LogP contribution is 2.10. The van der Waals surface area contributed by atoms with Gasteiger partial charge in [0.15, 0.2) is 0 Å². The van der Waals surface area contributed by atoms with E-state index in [1.165, 1.54) is 0 Å². The van der Waals surface area contributed by atoms with Crippen molar-refractivity contribution < 1.29 is 14.4 Å². The maximum atomic E-state index is 12.1. The van der Waals surface area contributed by atoms with Crippen LogP contribution in [-0.2, 0) is 14.4 Å². The number of amides is 3. The predicted octanol–water partition coefficient (Wildman–Crippen LogP) is 0.671. The number of rotatable bonds is 4. The predicted molar refractivity (Wildman–Crippen MR) is 78.6 cm³/mol. The van der Waals surface area contributed by atoms with Crippen molar-refractivity contribution in [1.29, 1.82) is 0 Å². The largest absolute Gasteiger partial charge is 0.325 e. The first-order valence-corrected chi connectivity index (χ1v) is 6.95. The molecule has 1 saturated heterocycles. The number of aryl methyl sites for hydroxylation is 1. The molecule has 0 spiro atoms. The van der Waals surface area contributed by atoms with Gasteiger partial charge in [0.05, 0.1) is 12.6 Å². The summed E-state index contributed by atoms with van der Waals surface area (Å²) in [7, 11) is 0. The lowest BCUT2D eigenvalue weighted by molar-refractivity contribution is -0.151. The molecule has 1 aliphatic heterocycles. The first-order chi connectivity index (χ1) is 10.0. The van der Waals surface area contributed by atoms with E-state index in [2.05, 4.69) is 10.6 Å². The van der Waals surface area contributed by atoms with Crippen molar-refractivity contribution >= 4 is 23.4 Å². The number of anilines is 1. The zero-order valence-corrected chi connectivity index (χ0v) is 12.2. The molecular weight excluding hydrogens is 270 g/mol. The Kier molecular flexibility index (Phi) is 4.70. The Balaban J connectivity index is 2.01. The maximum absolute atomic E-state index is 12.1. The topological polar surface area (TPSA) is 78.5 Å². The monoisotopic (exact) mass is 289 g/mol. The first kappa shape index (κ1) is 15.2. The van der Waals surface area contributed by atoms with Crippen LogP contribution in [0, 0.1) is 6.92 Å². The lowest BCUT2D eigenvalue weighted by Crippen LogP contribution is -2.59. The van der Waals surface area contributed by atoms with Gasteiger partial charge in [-0.15, -0.1) is 0 Å². The molecule has 0 radical (unpaired) electrons. The summed E-state index contributed by atoms with van der Waals surface area (Å²) >= 11 is 0. The molecule has 1 fully saturated rings. The SMILES string of the molecule is CCC1NCC(=O)N(CC(=O)Nc2cccc(C)c2)C1=O. The van der Waals surface area contributed by atoms with Crippen LogP contribution in [-0.4, -0.2) is 41.8 Å². The van der Waals surface area contributed by atoms with Gasteiger partial charge < -0.3 is 5.32 Å². The molecule has 1 heterocycles. The summed E-state index contributed by atoms with van der Waals surface area (Å²) in [4.78, 5) is 36.9. The molecule has 0 bridgehead atoms. The summed E-state index contributed by atoms with van der Waals surface area (Å²) in [6.07, 6.45) is 0.585. The van der Waals surface area contributed by atoms with Crippen molar-refractivity contribution in [2.75, 3.05) is 18.4 Å². The van der Waals surface area contributed by atoms with Crippen molar-refractivity contribution in [3.63, 3.8) is 0 Å². The highest BCUT2D eigenvalue weighted by Gasteiger charge is 2.33. The van der Waals surface area contributed by atoms with Crippen LogP contribution in [0.25, 0.3) is 0 Å². The zero-order valence-electron chi connectivity index (χ0n) is 12.2. The number of nitrogens with one attached hydrogen (secondary N) is 2. The summed E-state index contributed by atoms with van der Waals surface area (Å²) in [6, 6.07) is 6.95. The average Bonchev–Trinajstić information content (AvgIpc) is 2.43. The van der Waals surface area contributed by atoms with Crippen LogP contribution < -0.4 is 10.6 Å². The number of imide groups is 1. The van der Waals surface area contributed by atoms with Crippen molar-refractivity contribution in [2.24, 2.45) is 0 Å². The first-order valence-electron chi connectivity index (χ1n) is 6.95. The van der Waals surface area contributed by atoms with E-state index in [0.29, 0.717) is 12.1 Å². The standard InChI is InChI=1S/C15H19N3O3/c1-3-12-15(21)18(14(20)8-16-12)9-13(19)17-11-6-4-5-10(2)7-11/h4-7,12,16H,3,8-9H2,1-2H3,(H,17,19). The lowest BCUT2D eigenvalue weighted by Gasteiger charge is -2.30. The summed E-state index contributed by atoms with van der Waals surface area (Å²) in [5, 5.41) is 5.55. The smallest absolute Gasteiger partial charge is 0.246 e. The molecule has 1 unspecified atom stereocenters. The van der Waals surface area contributed by atoms with Gasteiger partial charge in [-0.1, -0.05) is 19.1 Å². The van der Waals surface area contributed by atoms with Gasteiger partial charge >= 0.3 is 0 Å². The Morgan fingerprint density at radius 3 is 2.86 bits per heavy atom.